The lowest BCUT2D eigenvalue weighted by Gasteiger charge is -2.02. The van der Waals surface area contributed by atoms with E-state index in [9.17, 15) is 9.59 Å². The molecule has 0 atom stereocenters. The van der Waals surface area contributed by atoms with Crippen LogP contribution in [0.5, 0.6) is 0 Å². The van der Waals surface area contributed by atoms with E-state index in [0.717, 1.165) is 15.4 Å². The first-order valence-corrected chi connectivity index (χ1v) is 7.78. The molecule has 1 amide bonds. The Morgan fingerprint density at radius 3 is 2.61 bits per heavy atom. The SMILES string of the molecule is O=C(/C=C/c1cc2ccccc2[nH]c1=O)Nc1ccc(Br)cc1. The summed E-state index contributed by atoms with van der Waals surface area (Å²) in [7, 11) is 0. The molecular weight excluding hydrogens is 356 g/mol. The summed E-state index contributed by atoms with van der Waals surface area (Å²) >= 11 is 3.34. The molecule has 5 heteroatoms. The molecule has 0 saturated heterocycles. The number of pyridine rings is 1. The van der Waals surface area contributed by atoms with Gasteiger partial charge in [0.2, 0.25) is 5.91 Å². The van der Waals surface area contributed by atoms with Gasteiger partial charge in [-0.05, 0) is 47.9 Å². The van der Waals surface area contributed by atoms with Crippen molar-refractivity contribution < 1.29 is 4.79 Å². The van der Waals surface area contributed by atoms with Crippen LogP contribution < -0.4 is 10.9 Å². The number of benzene rings is 2. The standard InChI is InChI=1S/C18H13BrN2O2/c19-14-6-8-15(9-7-14)20-17(22)10-5-13-11-12-3-1-2-4-16(12)21-18(13)23/h1-11H,(H,20,22)(H,21,23)/b10-5+. The van der Waals surface area contributed by atoms with Gasteiger partial charge in [0.15, 0.2) is 0 Å². The van der Waals surface area contributed by atoms with Crippen LogP contribution in [0.1, 0.15) is 5.56 Å². The number of H-pyrrole nitrogens is 1. The van der Waals surface area contributed by atoms with E-state index in [2.05, 4.69) is 26.2 Å². The van der Waals surface area contributed by atoms with E-state index in [1.807, 2.05) is 36.4 Å². The van der Waals surface area contributed by atoms with Crippen molar-refractivity contribution in [1.29, 1.82) is 0 Å². The zero-order valence-corrected chi connectivity index (χ0v) is 13.6. The Labute approximate surface area is 141 Å². The molecule has 3 aromatic rings. The lowest BCUT2D eigenvalue weighted by molar-refractivity contribution is -0.111. The number of para-hydroxylation sites is 1. The summed E-state index contributed by atoms with van der Waals surface area (Å²) in [6, 6.07) is 16.5. The maximum Gasteiger partial charge on any atom is 0.255 e. The zero-order valence-electron chi connectivity index (χ0n) is 12.0. The Morgan fingerprint density at radius 1 is 1.09 bits per heavy atom. The number of rotatable bonds is 3. The van der Waals surface area contributed by atoms with Crippen molar-refractivity contribution in [2.45, 2.75) is 0 Å². The molecule has 0 aliphatic carbocycles. The molecule has 2 aromatic carbocycles. The molecule has 0 fully saturated rings. The number of anilines is 1. The van der Waals surface area contributed by atoms with Crippen LogP contribution in [0, 0.1) is 0 Å². The third kappa shape index (κ3) is 3.76. The molecule has 0 unspecified atom stereocenters. The van der Waals surface area contributed by atoms with Crippen molar-refractivity contribution >= 4 is 44.5 Å². The molecular formula is C18H13BrN2O2. The summed E-state index contributed by atoms with van der Waals surface area (Å²) in [5.41, 5.74) is 1.68. The van der Waals surface area contributed by atoms with E-state index >= 15 is 0 Å². The van der Waals surface area contributed by atoms with Crippen LogP contribution >= 0.6 is 15.9 Å². The van der Waals surface area contributed by atoms with E-state index in [1.54, 1.807) is 18.2 Å². The maximum absolute atomic E-state index is 12.0. The van der Waals surface area contributed by atoms with Gasteiger partial charge in [0.1, 0.15) is 0 Å². The Hall–Kier alpha value is -2.66. The number of aromatic amines is 1. The largest absolute Gasteiger partial charge is 0.323 e. The second-order valence-corrected chi connectivity index (χ2v) is 5.89. The van der Waals surface area contributed by atoms with Gasteiger partial charge in [0.05, 0.1) is 0 Å². The molecule has 3 rings (SSSR count). The van der Waals surface area contributed by atoms with Crippen LogP contribution in [0.15, 0.2) is 69.9 Å². The second-order valence-electron chi connectivity index (χ2n) is 4.97. The number of aromatic nitrogens is 1. The van der Waals surface area contributed by atoms with Crippen molar-refractivity contribution in [2.24, 2.45) is 0 Å². The molecule has 1 aromatic heterocycles. The number of nitrogens with one attached hydrogen (secondary N) is 2. The highest BCUT2D eigenvalue weighted by Gasteiger charge is 2.01. The van der Waals surface area contributed by atoms with Crippen LogP contribution in [-0.2, 0) is 4.79 Å². The minimum Gasteiger partial charge on any atom is -0.323 e. The summed E-state index contributed by atoms with van der Waals surface area (Å²) in [5, 5.41) is 3.65. The van der Waals surface area contributed by atoms with Gasteiger partial charge < -0.3 is 10.3 Å². The monoisotopic (exact) mass is 368 g/mol. The van der Waals surface area contributed by atoms with Gasteiger partial charge in [-0.2, -0.15) is 0 Å². The fraction of sp³-hybridized carbons (Fsp3) is 0. The maximum atomic E-state index is 12.0. The van der Waals surface area contributed by atoms with E-state index in [1.165, 1.54) is 12.2 Å². The fourth-order valence-corrected chi connectivity index (χ4v) is 2.44. The quantitative estimate of drug-likeness (QED) is 0.687. The average Bonchev–Trinajstić information content (AvgIpc) is 2.55. The van der Waals surface area contributed by atoms with E-state index in [-0.39, 0.29) is 11.5 Å². The highest BCUT2D eigenvalue weighted by atomic mass is 79.9. The van der Waals surface area contributed by atoms with Crippen LogP contribution in [0.25, 0.3) is 17.0 Å². The number of hydrogen-bond acceptors (Lipinski definition) is 2. The van der Waals surface area contributed by atoms with Crippen molar-refractivity contribution in [2.75, 3.05) is 5.32 Å². The predicted molar refractivity (Wildman–Crippen MR) is 96.4 cm³/mol. The summed E-state index contributed by atoms with van der Waals surface area (Å²) in [6.07, 6.45) is 2.86. The van der Waals surface area contributed by atoms with Gasteiger partial charge in [-0.3, -0.25) is 9.59 Å². The molecule has 23 heavy (non-hydrogen) atoms. The Kier molecular flexibility index (Phi) is 4.39. The van der Waals surface area contributed by atoms with Gasteiger partial charge in [0, 0.05) is 27.3 Å². The summed E-state index contributed by atoms with van der Waals surface area (Å²) in [6.45, 7) is 0. The normalized spacial score (nSPS) is 11.0. The highest BCUT2D eigenvalue weighted by Crippen LogP contribution is 2.14. The summed E-state index contributed by atoms with van der Waals surface area (Å²) in [5.74, 6) is -0.292. The number of hydrogen-bond donors (Lipinski definition) is 2. The third-order valence-corrected chi connectivity index (χ3v) is 3.84. The molecule has 114 valence electrons. The van der Waals surface area contributed by atoms with Crippen molar-refractivity contribution in [3.63, 3.8) is 0 Å². The minimum absolute atomic E-state index is 0.226. The molecule has 0 saturated carbocycles. The minimum atomic E-state index is -0.292. The lowest BCUT2D eigenvalue weighted by atomic mass is 10.1. The topological polar surface area (TPSA) is 62.0 Å². The van der Waals surface area contributed by atoms with E-state index < -0.39 is 0 Å². The Morgan fingerprint density at radius 2 is 1.83 bits per heavy atom. The van der Waals surface area contributed by atoms with Crippen LogP contribution in [0.2, 0.25) is 0 Å². The van der Waals surface area contributed by atoms with Crippen molar-refractivity contribution in [3.05, 3.63) is 81.1 Å². The first-order valence-electron chi connectivity index (χ1n) is 6.98. The molecule has 0 radical (unpaired) electrons. The van der Waals surface area contributed by atoms with E-state index in [0.29, 0.717) is 11.3 Å². The molecule has 2 N–H and O–H groups in total. The number of amides is 1. The first kappa shape index (κ1) is 15.2. The van der Waals surface area contributed by atoms with Gasteiger partial charge in [-0.1, -0.05) is 34.1 Å². The summed E-state index contributed by atoms with van der Waals surface area (Å²) in [4.78, 5) is 26.7. The predicted octanol–water partition coefficient (Wildman–Crippen LogP) is 3.94. The molecule has 0 aliphatic rings. The van der Waals surface area contributed by atoms with Crippen LogP contribution in [0.3, 0.4) is 0 Å². The molecule has 4 nitrogen and oxygen atoms in total. The number of carbonyl (C=O) groups is 1. The lowest BCUT2D eigenvalue weighted by Crippen LogP contribution is -2.11. The van der Waals surface area contributed by atoms with Gasteiger partial charge >= 0.3 is 0 Å². The van der Waals surface area contributed by atoms with Crippen LogP contribution in [0.4, 0.5) is 5.69 Å². The molecule has 1 heterocycles. The molecule has 0 aliphatic heterocycles. The van der Waals surface area contributed by atoms with Crippen molar-refractivity contribution in [1.82, 2.24) is 4.98 Å². The third-order valence-electron chi connectivity index (χ3n) is 3.31. The molecule has 0 spiro atoms. The van der Waals surface area contributed by atoms with Gasteiger partial charge in [-0.25, -0.2) is 0 Å². The smallest absolute Gasteiger partial charge is 0.255 e. The highest BCUT2D eigenvalue weighted by molar-refractivity contribution is 9.10. The first-order chi connectivity index (χ1) is 11.1. The van der Waals surface area contributed by atoms with E-state index in [4.69, 9.17) is 0 Å². The Balaban J connectivity index is 1.79. The zero-order chi connectivity index (χ0) is 16.2. The summed E-state index contributed by atoms with van der Waals surface area (Å²) < 4.78 is 0.939. The van der Waals surface area contributed by atoms with Gasteiger partial charge in [-0.15, -0.1) is 0 Å². The number of carbonyl (C=O) groups excluding carboxylic acids is 1. The fourth-order valence-electron chi connectivity index (χ4n) is 2.17. The second kappa shape index (κ2) is 6.62. The van der Waals surface area contributed by atoms with Gasteiger partial charge in [0.25, 0.3) is 5.56 Å². The van der Waals surface area contributed by atoms with Crippen LogP contribution in [-0.4, -0.2) is 10.9 Å². The molecule has 0 bridgehead atoms. The average molecular weight is 369 g/mol. The Bertz CT molecular complexity index is 943. The van der Waals surface area contributed by atoms with Crippen molar-refractivity contribution in [3.8, 4) is 0 Å². The number of halogens is 1. The number of fused-ring (bicyclic) bond motifs is 1.